The van der Waals surface area contributed by atoms with Gasteiger partial charge < -0.3 is 9.42 Å². The number of hydrogen-bond acceptors (Lipinski definition) is 4. The number of carbonyl (C=O) groups is 1. The van der Waals surface area contributed by atoms with Crippen LogP contribution in [0.3, 0.4) is 0 Å². The van der Waals surface area contributed by atoms with E-state index in [9.17, 15) is 4.79 Å². The molecule has 2 fully saturated rings. The maximum atomic E-state index is 12.5. The number of benzene rings is 1. The fourth-order valence-corrected chi connectivity index (χ4v) is 3.44. The number of nitrogens with zero attached hydrogens (tertiary/aromatic N) is 3. The zero-order valence-electron chi connectivity index (χ0n) is 14.1. The quantitative estimate of drug-likeness (QED) is 0.848. The van der Waals surface area contributed by atoms with E-state index in [1.165, 1.54) is 18.4 Å². The van der Waals surface area contributed by atoms with Gasteiger partial charge in [0.1, 0.15) is 0 Å². The molecular weight excluding hydrogens is 302 g/mol. The molecule has 5 heteroatoms. The lowest BCUT2D eigenvalue weighted by Crippen LogP contribution is -2.30. The van der Waals surface area contributed by atoms with Gasteiger partial charge in [-0.3, -0.25) is 4.79 Å². The Labute approximate surface area is 142 Å². The molecule has 1 aliphatic heterocycles. The molecule has 1 amide bonds. The Morgan fingerprint density at radius 2 is 2.21 bits per heavy atom. The van der Waals surface area contributed by atoms with Crippen molar-refractivity contribution < 1.29 is 9.32 Å². The van der Waals surface area contributed by atoms with Crippen molar-refractivity contribution >= 4 is 5.91 Å². The number of rotatable bonds is 5. The zero-order valence-corrected chi connectivity index (χ0v) is 14.1. The van der Waals surface area contributed by atoms with Crippen LogP contribution in [0.15, 0.2) is 28.8 Å². The summed E-state index contributed by atoms with van der Waals surface area (Å²) in [7, 11) is 0. The Kier molecular flexibility index (Phi) is 4.08. The maximum Gasteiger partial charge on any atom is 0.229 e. The first-order chi connectivity index (χ1) is 11.7. The molecule has 1 unspecified atom stereocenters. The molecule has 0 bridgehead atoms. The fraction of sp³-hybridized carbons (Fsp3) is 0.526. The summed E-state index contributed by atoms with van der Waals surface area (Å²) < 4.78 is 5.32. The van der Waals surface area contributed by atoms with Crippen LogP contribution < -0.4 is 0 Å². The Bertz CT molecular complexity index is 736. The Morgan fingerprint density at radius 3 is 3.00 bits per heavy atom. The van der Waals surface area contributed by atoms with Gasteiger partial charge in [0, 0.05) is 25.4 Å². The molecule has 5 nitrogen and oxygen atoms in total. The first kappa shape index (κ1) is 15.4. The predicted molar refractivity (Wildman–Crippen MR) is 89.5 cm³/mol. The number of aryl methyl sites for hydroxylation is 1. The van der Waals surface area contributed by atoms with Crippen LogP contribution in [0.2, 0.25) is 0 Å². The Hall–Kier alpha value is -2.17. The normalized spacial score (nSPS) is 20.5. The van der Waals surface area contributed by atoms with Crippen molar-refractivity contribution in [1.29, 1.82) is 0 Å². The van der Waals surface area contributed by atoms with Gasteiger partial charge in [-0.25, -0.2) is 0 Å². The van der Waals surface area contributed by atoms with E-state index in [1.807, 2.05) is 17.0 Å². The van der Waals surface area contributed by atoms with Crippen LogP contribution in [0.5, 0.6) is 0 Å². The summed E-state index contributed by atoms with van der Waals surface area (Å²) in [5, 5.41) is 4.10. The topological polar surface area (TPSA) is 59.2 Å². The lowest BCUT2D eigenvalue weighted by Gasteiger charge is -2.16. The van der Waals surface area contributed by atoms with Gasteiger partial charge in [-0.05, 0) is 37.7 Å². The highest BCUT2D eigenvalue weighted by Crippen LogP contribution is 2.39. The van der Waals surface area contributed by atoms with Crippen molar-refractivity contribution in [2.24, 2.45) is 5.92 Å². The average molecular weight is 325 g/mol. The second kappa shape index (κ2) is 6.38. The third kappa shape index (κ3) is 3.50. The maximum absolute atomic E-state index is 12.5. The van der Waals surface area contributed by atoms with Crippen LogP contribution in [0.4, 0.5) is 0 Å². The van der Waals surface area contributed by atoms with Gasteiger partial charge in [-0.1, -0.05) is 35.0 Å². The molecule has 1 saturated carbocycles. The van der Waals surface area contributed by atoms with E-state index in [1.54, 1.807) is 0 Å². The summed E-state index contributed by atoms with van der Waals surface area (Å²) in [6.07, 6.45) is 4.67. The van der Waals surface area contributed by atoms with Gasteiger partial charge in [-0.15, -0.1) is 0 Å². The van der Waals surface area contributed by atoms with E-state index in [4.69, 9.17) is 4.52 Å². The Balaban J connectivity index is 1.31. The van der Waals surface area contributed by atoms with Crippen LogP contribution in [0.25, 0.3) is 0 Å². The van der Waals surface area contributed by atoms with E-state index in [0.717, 1.165) is 43.2 Å². The van der Waals surface area contributed by atoms with Gasteiger partial charge in [0.2, 0.25) is 11.8 Å². The van der Waals surface area contributed by atoms with Gasteiger partial charge >= 0.3 is 0 Å². The third-order valence-electron chi connectivity index (χ3n) is 4.96. The SMILES string of the molecule is Cc1cccc(CC(=O)N2CCC(Cc3noc(C4CC4)n3)C2)c1. The summed E-state index contributed by atoms with van der Waals surface area (Å²) in [4.78, 5) is 19.0. The highest BCUT2D eigenvalue weighted by atomic mass is 16.5. The second-order valence-corrected chi connectivity index (χ2v) is 7.19. The van der Waals surface area contributed by atoms with Gasteiger partial charge in [0.05, 0.1) is 6.42 Å². The summed E-state index contributed by atoms with van der Waals surface area (Å²) in [5.41, 5.74) is 2.29. The van der Waals surface area contributed by atoms with Crippen molar-refractivity contribution in [1.82, 2.24) is 15.0 Å². The molecule has 2 aromatic rings. The molecule has 0 radical (unpaired) electrons. The fourth-order valence-electron chi connectivity index (χ4n) is 3.44. The van der Waals surface area contributed by atoms with E-state index in [-0.39, 0.29) is 5.91 Å². The molecule has 1 aromatic heterocycles. The summed E-state index contributed by atoms with van der Waals surface area (Å²) in [6.45, 7) is 3.70. The van der Waals surface area contributed by atoms with Crippen LogP contribution in [0, 0.1) is 12.8 Å². The summed E-state index contributed by atoms with van der Waals surface area (Å²) in [6, 6.07) is 8.18. The minimum absolute atomic E-state index is 0.217. The van der Waals surface area contributed by atoms with E-state index < -0.39 is 0 Å². The van der Waals surface area contributed by atoms with Crippen LogP contribution in [-0.2, 0) is 17.6 Å². The number of carbonyl (C=O) groups excluding carboxylic acids is 1. The minimum atomic E-state index is 0.217. The molecule has 4 rings (SSSR count). The van der Waals surface area contributed by atoms with Crippen molar-refractivity contribution in [3.63, 3.8) is 0 Å². The predicted octanol–water partition coefficient (Wildman–Crippen LogP) is 2.89. The molecule has 0 spiro atoms. The zero-order chi connectivity index (χ0) is 16.5. The molecule has 0 N–H and O–H groups in total. The standard InChI is InChI=1S/C19H23N3O2/c1-13-3-2-4-14(9-13)11-18(23)22-8-7-15(12-22)10-17-20-19(24-21-17)16-5-6-16/h2-4,9,15-16H,5-8,10-12H2,1H3. The molecule has 1 aliphatic carbocycles. The van der Waals surface area contributed by atoms with Crippen molar-refractivity contribution in [3.8, 4) is 0 Å². The number of aromatic nitrogens is 2. The number of hydrogen-bond donors (Lipinski definition) is 0. The molecule has 2 heterocycles. The van der Waals surface area contributed by atoms with Crippen molar-refractivity contribution in [2.75, 3.05) is 13.1 Å². The minimum Gasteiger partial charge on any atom is -0.342 e. The molecule has 1 aromatic carbocycles. The van der Waals surface area contributed by atoms with Crippen LogP contribution >= 0.6 is 0 Å². The molecular formula is C19H23N3O2. The van der Waals surface area contributed by atoms with E-state index in [2.05, 4.69) is 29.2 Å². The third-order valence-corrected chi connectivity index (χ3v) is 4.96. The lowest BCUT2D eigenvalue weighted by atomic mass is 10.0. The molecule has 24 heavy (non-hydrogen) atoms. The van der Waals surface area contributed by atoms with Gasteiger partial charge in [0.15, 0.2) is 5.82 Å². The second-order valence-electron chi connectivity index (χ2n) is 7.19. The molecule has 1 saturated heterocycles. The van der Waals surface area contributed by atoms with Crippen molar-refractivity contribution in [3.05, 3.63) is 47.1 Å². The highest BCUT2D eigenvalue weighted by molar-refractivity contribution is 5.79. The number of likely N-dealkylation sites (tertiary alicyclic amines) is 1. The summed E-state index contributed by atoms with van der Waals surface area (Å²) in [5.74, 6) is 2.76. The largest absolute Gasteiger partial charge is 0.342 e. The van der Waals surface area contributed by atoms with Crippen molar-refractivity contribution in [2.45, 2.75) is 44.9 Å². The first-order valence-electron chi connectivity index (χ1n) is 8.83. The van der Waals surface area contributed by atoms with Crippen LogP contribution in [0.1, 0.15) is 48.0 Å². The monoisotopic (exact) mass is 325 g/mol. The van der Waals surface area contributed by atoms with Gasteiger partial charge in [0.25, 0.3) is 0 Å². The Morgan fingerprint density at radius 1 is 1.33 bits per heavy atom. The van der Waals surface area contributed by atoms with E-state index >= 15 is 0 Å². The molecule has 2 aliphatic rings. The first-order valence-corrected chi connectivity index (χ1v) is 8.83. The molecule has 126 valence electrons. The number of amides is 1. The average Bonchev–Trinajstić information content (AvgIpc) is 3.12. The smallest absolute Gasteiger partial charge is 0.229 e. The summed E-state index contributed by atoms with van der Waals surface area (Å²) >= 11 is 0. The molecule has 1 atom stereocenters. The highest BCUT2D eigenvalue weighted by Gasteiger charge is 2.31. The van der Waals surface area contributed by atoms with E-state index in [0.29, 0.717) is 18.3 Å². The van der Waals surface area contributed by atoms with Gasteiger partial charge in [-0.2, -0.15) is 4.98 Å². The lowest BCUT2D eigenvalue weighted by molar-refractivity contribution is -0.129. The van der Waals surface area contributed by atoms with Crippen LogP contribution in [-0.4, -0.2) is 34.0 Å².